The Kier molecular flexibility index (Phi) is 3.84. The van der Waals surface area contributed by atoms with Crippen molar-refractivity contribution < 1.29 is 9.53 Å². The highest BCUT2D eigenvalue weighted by Gasteiger charge is 2.28. The van der Waals surface area contributed by atoms with Crippen molar-refractivity contribution >= 4 is 27.5 Å². The lowest BCUT2D eigenvalue weighted by atomic mass is 10.1. The average Bonchev–Trinajstić information content (AvgIpc) is 2.63. The zero-order valence-corrected chi connectivity index (χ0v) is 11.6. The number of anilines is 1. The molecule has 1 amide bonds. The number of hydrogen-bond donors (Lipinski definition) is 1. The van der Waals surface area contributed by atoms with Crippen LogP contribution in [-0.2, 0) is 9.53 Å². The minimum absolute atomic E-state index is 0.0238. The topological polar surface area (TPSA) is 38.3 Å². The molecule has 2 atom stereocenters. The first-order chi connectivity index (χ1) is 8.04. The van der Waals surface area contributed by atoms with Gasteiger partial charge in [-0.25, -0.2) is 0 Å². The van der Waals surface area contributed by atoms with Crippen molar-refractivity contribution in [3.8, 4) is 0 Å². The first kappa shape index (κ1) is 12.6. The number of amides is 1. The SMILES string of the molecule is Cc1cc(Br)cc(NC(=O)C2COC(C)C2)c1. The predicted molar refractivity (Wildman–Crippen MR) is 71.0 cm³/mol. The summed E-state index contributed by atoms with van der Waals surface area (Å²) in [6.07, 6.45) is 0.994. The Morgan fingerprint density at radius 3 is 2.82 bits per heavy atom. The molecule has 1 N–H and O–H groups in total. The van der Waals surface area contributed by atoms with Crippen LogP contribution in [0.4, 0.5) is 5.69 Å². The van der Waals surface area contributed by atoms with E-state index in [2.05, 4.69) is 21.2 Å². The molecule has 3 nitrogen and oxygen atoms in total. The number of carbonyl (C=O) groups is 1. The molecule has 0 bridgehead atoms. The normalized spacial score (nSPS) is 23.7. The summed E-state index contributed by atoms with van der Waals surface area (Å²) >= 11 is 3.42. The van der Waals surface area contributed by atoms with Crippen LogP contribution in [0.3, 0.4) is 0 Å². The molecule has 2 rings (SSSR count). The molecule has 92 valence electrons. The molecule has 1 aliphatic rings. The summed E-state index contributed by atoms with van der Waals surface area (Å²) in [6, 6.07) is 5.88. The van der Waals surface area contributed by atoms with Crippen LogP contribution in [0.1, 0.15) is 18.9 Å². The second-order valence-electron chi connectivity index (χ2n) is 4.58. The van der Waals surface area contributed by atoms with E-state index in [0.717, 1.165) is 22.1 Å². The highest BCUT2D eigenvalue weighted by Crippen LogP contribution is 2.23. The summed E-state index contributed by atoms with van der Waals surface area (Å²) in [4.78, 5) is 12.0. The molecule has 0 radical (unpaired) electrons. The van der Waals surface area contributed by atoms with E-state index >= 15 is 0 Å². The Morgan fingerprint density at radius 2 is 2.24 bits per heavy atom. The third-order valence-corrected chi connectivity index (χ3v) is 3.34. The highest BCUT2D eigenvalue weighted by atomic mass is 79.9. The third-order valence-electron chi connectivity index (χ3n) is 2.88. The van der Waals surface area contributed by atoms with Gasteiger partial charge in [-0.2, -0.15) is 0 Å². The van der Waals surface area contributed by atoms with Crippen molar-refractivity contribution in [2.75, 3.05) is 11.9 Å². The third kappa shape index (κ3) is 3.30. The van der Waals surface area contributed by atoms with E-state index in [0.29, 0.717) is 6.61 Å². The van der Waals surface area contributed by atoms with E-state index in [1.807, 2.05) is 32.0 Å². The van der Waals surface area contributed by atoms with Crippen molar-refractivity contribution in [2.45, 2.75) is 26.4 Å². The quantitative estimate of drug-likeness (QED) is 0.911. The van der Waals surface area contributed by atoms with Crippen molar-refractivity contribution in [3.63, 3.8) is 0 Å². The zero-order valence-electron chi connectivity index (χ0n) is 10.00. The second-order valence-corrected chi connectivity index (χ2v) is 5.50. The Balaban J connectivity index is 2.03. The molecule has 1 saturated heterocycles. The lowest BCUT2D eigenvalue weighted by Crippen LogP contribution is -2.23. The van der Waals surface area contributed by atoms with Crippen LogP contribution in [-0.4, -0.2) is 18.6 Å². The largest absolute Gasteiger partial charge is 0.378 e. The van der Waals surface area contributed by atoms with E-state index in [1.54, 1.807) is 0 Å². The average molecular weight is 298 g/mol. The van der Waals surface area contributed by atoms with Gasteiger partial charge in [-0.1, -0.05) is 15.9 Å². The molecule has 1 aromatic carbocycles. The second kappa shape index (κ2) is 5.19. The van der Waals surface area contributed by atoms with E-state index in [4.69, 9.17) is 4.74 Å². The van der Waals surface area contributed by atoms with Crippen LogP contribution in [0.5, 0.6) is 0 Å². The number of ether oxygens (including phenoxy) is 1. The van der Waals surface area contributed by atoms with Crippen LogP contribution in [0.2, 0.25) is 0 Å². The fourth-order valence-electron chi connectivity index (χ4n) is 2.05. The van der Waals surface area contributed by atoms with Crippen molar-refractivity contribution in [1.29, 1.82) is 0 Å². The molecule has 1 aliphatic heterocycles. The number of aryl methyl sites for hydroxylation is 1. The van der Waals surface area contributed by atoms with Crippen molar-refractivity contribution in [3.05, 3.63) is 28.2 Å². The Labute approximate surface area is 110 Å². The molecule has 1 aromatic rings. The predicted octanol–water partition coefficient (Wildman–Crippen LogP) is 3.12. The maximum absolute atomic E-state index is 12.0. The summed E-state index contributed by atoms with van der Waals surface area (Å²) < 4.78 is 6.38. The van der Waals surface area contributed by atoms with Crippen LogP contribution < -0.4 is 5.32 Å². The van der Waals surface area contributed by atoms with Crippen molar-refractivity contribution in [1.82, 2.24) is 0 Å². The van der Waals surface area contributed by atoms with E-state index in [-0.39, 0.29) is 17.9 Å². The van der Waals surface area contributed by atoms with Crippen LogP contribution in [0.15, 0.2) is 22.7 Å². The first-order valence-corrected chi connectivity index (χ1v) is 6.53. The van der Waals surface area contributed by atoms with Crippen LogP contribution in [0.25, 0.3) is 0 Å². The first-order valence-electron chi connectivity index (χ1n) is 5.74. The summed E-state index contributed by atoms with van der Waals surface area (Å²) in [6.45, 7) is 4.53. The van der Waals surface area contributed by atoms with Gasteiger partial charge in [-0.05, 0) is 44.0 Å². The molecule has 2 unspecified atom stereocenters. The van der Waals surface area contributed by atoms with Crippen molar-refractivity contribution in [2.24, 2.45) is 5.92 Å². The van der Waals surface area contributed by atoms with Gasteiger partial charge >= 0.3 is 0 Å². The Bertz CT molecular complexity index is 413. The minimum atomic E-state index is -0.0238. The fourth-order valence-corrected chi connectivity index (χ4v) is 2.66. The Hall–Kier alpha value is -0.870. The monoisotopic (exact) mass is 297 g/mol. The van der Waals surface area contributed by atoms with Gasteiger partial charge in [0.05, 0.1) is 18.6 Å². The number of nitrogens with one attached hydrogen (secondary N) is 1. The smallest absolute Gasteiger partial charge is 0.229 e. The van der Waals surface area contributed by atoms with Gasteiger partial charge in [0.15, 0.2) is 0 Å². The van der Waals surface area contributed by atoms with E-state index < -0.39 is 0 Å². The molecule has 17 heavy (non-hydrogen) atoms. The van der Waals surface area contributed by atoms with Gasteiger partial charge < -0.3 is 10.1 Å². The number of halogens is 1. The summed E-state index contributed by atoms with van der Waals surface area (Å²) in [7, 11) is 0. The molecule has 0 saturated carbocycles. The van der Waals surface area contributed by atoms with Crippen LogP contribution in [0, 0.1) is 12.8 Å². The van der Waals surface area contributed by atoms with Gasteiger partial charge in [0.25, 0.3) is 0 Å². The Morgan fingerprint density at radius 1 is 1.47 bits per heavy atom. The molecule has 0 aromatic heterocycles. The molecular weight excluding hydrogens is 282 g/mol. The number of hydrogen-bond acceptors (Lipinski definition) is 2. The molecule has 4 heteroatoms. The number of carbonyl (C=O) groups excluding carboxylic acids is 1. The molecular formula is C13H16BrNO2. The molecule has 1 heterocycles. The maximum Gasteiger partial charge on any atom is 0.229 e. The highest BCUT2D eigenvalue weighted by molar-refractivity contribution is 9.10. The summed E-state index contributed by atoms with van der Waals surface area (Å²) in [5.74, 6) is 0.0242. The zero-order chi connectivity index (χ0) is 12.4. The van der Waals surface area contributed by atoms with Crippen LogP contribution >= 0.6 is 15.9 Å². The maximum atomic E-state index is 12.0. The fraction of sp³-hybridized carbons (Fsp3) is 0.462. The van der Waals surface area contributed by atoms with E-state index in [9.17, 15) is 4.79 Å². The molecule has 1 fully saturated rings. The minimum Gasteiger partial charge on any atom is -0.378 e. The van der Waals surface area contributed by atoms with Gasteiger partial charge in [0, 0.05) is 10.2 Å². The number of rotatable bonds is 2. The van der Waals surface area contributed by atoms with Gasteiger partial charge in [0.1, 0.15) is 0 Å². The van der Waals surface area contributed by atoms with Gasteiger partial charge in [-0.3, -0.25) is 4.79 Å². The lowest BCUT2D eigenvalue weighted by Gasteiger charge is -2.10. The summed E-state index contributed by atoms with van der Waals surface area (Å²) in [5, 5.41) is 2.94. The van der Waals surface area contributed by atoms with Gasteiger partial charge in [0.2, 0.25) is 5.91 Å². The number of benzene rings is 1. The molecule has 0 aliphatic carbocycles. The standard InChI is InChI=1S/C13H16BrNO2/c1-8-3-11(14)6-12(4-8)15-13(16)10-5-9(2)17-7-10/h3-4,6,9-10H,5,7H2,1-2H3,(H,15,16). The van der Waals surface area contributed by atoms with Gasteiger partial charge in [-0.15, -0.1) is 0 Å². The van der Waals surface area contributed by atoms with E-state index in [1.165, 1.54) is 0 Å². The lowest BCUT2D eigenvalue weighted by molar-refractivity contribution is -0.119. The summed E-state index contributed by atoms with van der Waals surface area (Å²) in [5.41, 5.74) is 1.95. The molecule has 0 spiro atoms.